The van der Waals surface area contributed by atoms with Gasteiger partial charge in [0, 0.05) is 11.0 Å². The molecule has 2 N–H and O–H groups in total. The Morgan fingerprint density at radius 2 is 2.20 bits per heavy atom. The van der Waals surface area contributed by atoms with Gasteiger partial charge in [-0.2, -0.15) is 0 Å². The van der Waals surface area contributed by atoms with Gasteiger partial charge in [-0.25, -0.2) is 4.39 Å². The largest absolute Gasteiger partial charge is 0.489 e. The van der Waals surface area contributed by atoms with Gasteiger partial charge < -0.3 is 10.5 Å². The number of benzene rings is 1. The van der Waals surface area contributed by atoms with Crippen LogP contribution in [-0.4, -0.2) is 12.5 Å². The van der Waals surface area contributed by atoms with Crippen molar-refractivity contribution >= 4 is 5.91 Å². The molecule has 1 aromatic rings. The van der Waals surface area contributed by atoms with Crippen LogP contribution >= 0.6 is 0 Å². The van der Waals surface area contributed by atoms with Crippen LogP contribution < -0.4 is 10.5 Å². The minimum Gasteiger partial charge on any atom is -0.489 e. The fourth-order valence-corrected chi connectivity index (χ4v) is 1.75. The van der Waals surface area contributed by atoms with Crippen LogP contribution in [0.1, 0.15) is 29.8 Å². The fourth-order valence-electron chi connectivity index (χ4n) is 1.75. The molecule has 0 saturated heterocycles. The van der Waals surface area contributed by atoms with Crippen LogP contribution in [-0.2, 0) is 5.41 Å². The number of carbonyl (C=O) groups excluding carboxylic acids is 1. The van der Waals surface area contributed by atoms with Crippen molar-refractivity contribution in [1.82, 2.24) is 0 Å². The van der Waals surface area contributed by atoms with Crippen LogP contribution in [0.15, 0.2) is 12.1 Å². The third-order valence-electron chi connectivity index (χ3n) is 2.67. The summed E-state index contributed by atoms with van der Waals surface area (Å²) in [7, 11) is 0. The molecule has 1 aliphatic rings. The number of hydrogen-bond acceptors (Lipinski definition) is 2. The topological polar surface area (TPSA) is 52.3 Å². The Bertz CT molecular complexity index is 440. The van der Waals surface area contributed by atoms with Crippen LogP contribution in [0, 0.1) is 5.82 Å². The lowest BCUT2D eigenvalue weighted by Gasteiger charge is -2.14. The molecule has 0 bridgehead atoms. The summed E-state index contributed by atoms with van der Waals surface area (Å²) >= 11 is 0. The molecule has 4 heteroatoms. The molecule has 1 amide bonds. The highest BCUT2D eigenvalue weighted by Gasteiger charge is 2.35. The van der Waals surface area contributed by atoms with Crippen molar-refractivity contribution in [2.24, 2.45) is 5.73 Å². The van der Waals surface area contributed by atoms with E-state index >= 15 is 0 Å². The molecule has 0 aliphatic carbocycles. The van der Waals surface area contributed by atoms with Gasteiger partial charge in [-0.05, 0) is 6.07 Å². The third-order valence-corrected chi connectivity index (χ3v) is 2.67. The summed E-state index contributed by atoms with van der Waals surface area (Å²) in [6.45, 7) is 4.34. The Morgan fingerprint density at radius 3 is 2.80 bits per heavy atom. The standard InChI is InChI=1S/C11H12FNO2/c1-11(2)5-15-9-7(11)4-3-6(8(9)12)10(13)14/h3-4H,5H2,1-2H3,(H2,13,14). The van der Waals surface area contributed by atoms with E-state index in [9.17, 15) is 9.18 Å². The zero-order valence-corrected chi connectivity index (χ0v) is 8.63. The van der Waals surface area contributed by atoms with Gasteiger partial charge in [-0.15, -0.1) is 0 Å². The van der Waals surface area contributed by atoms with Gasteiger partial charge in [-0.1, -0.05) is 19.9 Å². The highest BCUT2D eigenvalue weighted by atomic mass is 19.1. The molecule has 0 radical (unpaired) electrons. The van der Waals surface area contributed by atoms with Gasteiger partial charge in [-0.3, -0.25) is 4.79 Å². The number of amides is 1. The molecule has 80 valence electrons. The monoisotopic (exact) mass is 209 g/mol. The summed E-state index contributed by atoms with van der Waals surface area (Å²) in [4.78, 5) is 10.9. The SMILES string of the molecule is CC1(C)COc2c1ccc(C(N)=O)c2F. The highest BCUT2D eigenvalue weighted by molar-refractivity contribution is 5.93. The Kier molecular flexibility index (Phi) is 1.96. The van der Waals surface area contributed by atoms with Crippen molar-refractivity contribution in [2.45, 2.75) is 19.3 Å². The zero-order chi connectivity index (χ0) is 11.2. The van der Waals surface area contributed by atoms with E-state index in [2.05, 4.69) is 0 Å². The summed E-state index contributed by atoms with van der Waals surface area (Å²) in [6, 6.07) is 3.11. The normalized spacial score (nSPS) is 17.0. The number of hydrogen-bond donors (Lipinski definition) is 1. The second-order valence-corrected chi connectivity index (χ2v) is 4.34. The van der Waals surface area contributed by atoms with E-state index in [0.29, 0.717) is 6.61 Å². The first kappa shape index (κ1) is 9.96. The van der Waals surface area contributed by atoms with E-state index in [1.54, 1.807) is 6.07 Å². The third kappa shape index (κ3) is 1.37. The molecule has 0 saturated carbocycles. The predicted octanol–water partition coefficient (Wildman–Crippen LogP) is 1.59. The fraction of sp³-hybridized carbons (Fsp3) is 0.364. The number of ether oxygens (including phenoxy) is 1. The van der Waals surface area contributed by atoms with Gasteiger partial charge in [0.1, 0.15) is 0 Å². The number of nitrogens with two attached hydrogens (primary N) is 1. The van der Waals surface area contributed by atoms with Crippen LogP contribution in [0.25, 0.3) is 0 Å². The summed E-state index contributed by atoms with van der Waals surface area (Å²) in [6.07, 6.45) is 0. The maximum Gasteiger partial charge on any atom is 0.251 e. The molecular weight excluding hydrogens is 197 g/mol. The molecule has 1 aliphatic heterocycles. The van der Waals surface area contributed by atoms with E-state index < -0.39 is 11.7 Å². The van der Waals surface area contributed by atoms with Gasteiger partial charge in [0.2, 0.25) is 0 Å². The lowest BCUT2D eigenvalue weighted by Crippen LogP contribution is -2.18. The summed E-state index contributed by atoms with van der Waals surface area (Å²) in [5, 5.41) is 0. The predicted molar refractivity (Wildman–Crippen MR) is 53.4 cm³/mol. The molecule has 0 fully saturated rings. The van der Waals surface area contributed by atoms with Crippen LogP contribution in [0.4, 0.5) is 4.39 Å². The summed E-state index contributed by atoms with van der Waals surface area (Å²) < 4.78 is 19.0. The molecule has 3 nitrogen and oxygen atoms in total. The number of primary amides is 1. The maximum absolute atomic E-state index is 13.7. The van der Waals surface area contributed by atoms with E-state index in [1.807, 2.05) is 13.8 Å². The average molecular weight is 209 g/mol. The smallest absolute Gasteiger partial charge is 0.251 e. The van der Waals surface area contributed by atoms with E-state index in [4.69, 9.17) is 10.5 Å². The second-order valence-electron chi connectivity index (χ2n) is 4.34. The van der Waals surface area contributed by atoms with Crippen molar-refractivity contribution in [2.75, 3.05) is 6.61 Å². The van der Waals surface area contributed by atoms with Crippen molar-refractivity contribution in [3.05, 3.63) is 29.1 Å². The molecule has 1 aromatic carbocycles. The molecule has 15 heavy (non-hydrogen) atoms. The molecule has 0 aromatic heterocycles. The number of halogens is 1. The van der Waals surface area contributed by atoms with Crippen LogP contribution in [0.2, 0.25) is 0 Å². The highest BCUT2D eigenvalue weighted by Crippen LogP contribution is 2.40. The van der Waals surface area contributed by atoms with Crippen LogP contribution in [0.5, 0.6) is 5.75 Å². The molecule has 0 unspecified atom stereocenters. The van der Waals surface area contributed by atoms with E-state index in [1.165, 1.54) is 6.07 Å². The first-order valence-electron chi connectivity index (χ1n) is 4.69. The molecule has 0 atom stereocenters. The van der Waals surface area contributed by atoms with Crippen molar-refractivity contribution in [3.63, 3.8) is 0 Å². The quantitative estimate of drug-likeness (QED) is 0.763. The first-order chi connectivity index (χ1) is 6.93. The Labute approximate surface area is 87.0 Å². The zero-order valence-electron chi connectivity index (χ0n) is 8.63. The van der Waals surface area contributed by atoms with E-state index in [-0.39, 0.29) is 16.7 Å². The molecule has 1 heterocycles. The maximum atomic E-state index is 13.7. The first-order valence-corrected chi connectivity index (χ1v) is 4.69. The summed E-state index contributed by atoms with van der Waals surface area (Å²) in [5.74, 6) is -1.26. The number of carbonyl (C=O) groups is 1. The Hall–Kier alpha value is -1.58. The van der Waals surface area contributed by atoms with E-state index in [0.717, 1.165) is 5.56 Å². The molecule has 0 spiro atoms. The minimum absolute atomic E-state index is 0.119. The van der Waals surface area contributed by atoms with Gasteiger partial charge in [0.15, 0.2) is 11.6 Å². The second kappa shape index (κ2) is 2.95. The van der Waals surface area contributed by atoms with Gasteiger partial charge in [0.25, 0.3) is 5.91 Å². The Balaban J connectivity index is 2.62. The Morgan fingerprint density at radius 1 is 1.53 bits per heavy atom. The lowest BCUT2D eigenvalue weighted by atomic mass is 9.86. The average Bonchev–Trinajstić information content (AvgIpc) is 2.43. The van der Waals surface area contributed by atoms with Crippen molar-refractivity contribution in [1.29, 1.82) is 0 Å². The molecular formula is C11H12FNO2. The summed E-state index contributed by atoms with van der Waals surface area (Å²) in [5.41, 5.74) is 5.49. The number of fused-ring (bicyclic) bond motifs is 1. The van der Waals surface area contributed by atoms with Crippen molar-refractivity contribution < 1.29 is 13.9 Å². The van der Waals surface area contributed by atoms with Gasteiger partial charge in [0.05, 0.1) is 12.2 Å². The lowest BCUT2D eigenvalue weighted by molar-refractivity contribution is 0.0995. The minimum atomic E-state index is -0.774. The molecule has 2 rings (SSSR count). The van der Waals surface area contributed by atoms with Crippen molar-refractivity contribution in [3.8, 4) is 5.75 Å². The number of rotatable bonds is 1. The van der Waals surface area contributed by atoms with Crippen LogP contribution in [0.3, 0.4) is 0 Å². The van der Waals surface area contributed by atoms with Gasteiger partial charge >= 0.3 is 0 Å².